The van der Waals surface area contributed by atoms with Crippen molar-refractivity contribution in [3.05, 3.63) is 71.9 Å². The Morgan fingerprint density at radius 3 is 2.37 bits per heavy atom. The van der Waals surface area contributed by atoms with Crippen molar-refractivity contribution in [1.29, 1.82) is 0 Å². The van der Waals surface area contributed by atoms with Crippen LogP contribution >= 0.6 is 0 Å². The van der Waals surface area contributed by atoms with E-state index in [4.69, 9.17) is 9.47 Å². The SMILES string of the molecule is C=CC(=O)Nc1cc(N2CCN(C)CC2)ccc1C(=O)Nc1cc(CCc2cc(OC)cc(OC)c2)[nH]n1. The molecule has 3 aromatic rings. The first-order chi connectivity index (χ1) is 18.4. The number of anilines is 3. The molecule has 38 heavy (non-hydrogen) atoms. The molecular weight excluding hydrogens is 484 g/mol. The van der Waals surface area contributed by atoms with E-state index in [1.165, 1.54) is 6.08 Å². The van der Waals surface area contributed by atoms with Crippen LogP contribution in [0.1, 0.15) is 21.6 Å². The van der Waals surface area contributed by atoms with Crippen molar-refractivity contribution in [2.75, 3.05) is 63.0 Å². The number of carbonyl (C=O) groups is 2. The summed E-state index contributed by atoms with van der Waals surface area (Å²) in [6.45, 7) is 7.16. The van der Waals surface area contributed by atoms with Crippen LogP contribution in [0.3, 0.4) is 0 Å². The largest absolute Gasteiger partial charge is 0.497 e. The zero-order valence-corrected chi connectivity index (χ0v) is 22.0. The molecule has 2 heterocycles. The highest BCUT2D eigenvalue weighted by Gasteiger charge is 2.19. The van der Waals surface area contributed by atoms with Crippen LogP contribution in [0.2, 0.25) is 0 Å². The number of benzene rings is 2. The van der Waals surface area contributed by atoms with E-state index in [-0.39, 0.29) is 11.8 Å². The number of likely N-dealkylation sites (N-methyl/N-ethyl adjacent to an activating group) is 1. The van der Waals surface area contributed by atoms with E-state index in [9.17, 15) is 9.59 Å². The Hall–Kier alpha value is -4.31. The number of H-pyrrole nitrogens is 1. The number of nitrogens with zero attached hydrogens (tertiary/aromatic N) is 3. The molecule has 0 aliphatic carbocycles. The van der Waals surface area contributed by atoms with Gasteiger partial charge in [0.15, 0.2) is 5.82 Å². The molecule has 3 N–H and O–H groups in total. The summed E-state index contributed by atoms with van der Waals surface area (Å²) in [6, 6.07) is 13.0. The second kappa shape index (κ2) is 12.3. The number of carbonyl (C=O) groups excluding carboxylic acids is 2. The number of piperazine rings is 1. The third-order valence-corrected chi connectivity index (χ3v) is 6.53. The molecule has 2 amide bonds. The number of aryl methyl sites for hydroxylation is 2. The molecule has 200 valence electrons. The van der Waals surface area contributed by atoms with E-state index in [0.717, 1.165) is 61.0 Å². The normalized spacial score (nSPS) is 13.6. The molecule has 0 bridgehead atoms. The minimum atomic E-state index is -0.384. The Kier molecular flexibility index (Phi) is 8.65. The Morgan fingerprint density at radius 1 is 1.00 bits per heavy atom. The molecule has 1 aliphatic heterocycles. The Morgan fingerprint density at radius 2 is 1.71 bits per heavy atom. The monoisotopic (exact) mass is 518 g/mol. The van der Waals surface area contributed by atoms with Gasteiger partial charge in [0.1, 0.15) is 11.5 Å². The molecule has 10 nitrogen and oxygen atoms in total. The van der Waals surface area contributed by atoms with Crippen LogP contribution in [0.15, 0.2) is 55.1 Å². The minimum Gasteiger partial charge on any atom is -0.497 e. The summed E-state index contributed by atoms with van der Waals surface area (Å²) in [5.74, 6) is 1.11. The van der Waals surface area contributed by atoms with Gasteiger partial charge in [-0.15, -0.1) is 0 Å². The molecule has 0 atom stereocenters. The summed E-state index contributed by atoms with van der Waals surface area (Å²) in [6.07, 6.45) is 2.59. The Labute approximate surface area is 222 Å². The summed E-state index contributed by atoms with van der Waals surface area (Å²) in [5.41, 5.74) is 3.64. The van der Waals surface area contributed by atoms with E-state index in [0.29, 0.717) is 23.5 Å². The second-order valence-electron chi connectivity index (χ2n) is 9.17. The quantitative estimate of drug-likeness (QED) is 0.353. The fourth-order valence-electron chi connectivity index (χ4n) is 4.31. The average molecular weight is 519 g/mol. The average Bonchev–Trinajstić information content (AvgIpc) is 3.38. The molecular formula is C28H34N6O4. The molecule has 0 spiro atoms. The van der Waals surface area contributed by atoms with Gasteiger partial charge < -0.3 is 29.9 Å². The Balaban J connectivity index is 1.45. The van der Waals surface area contributed by atoms with Crippen LogP contribution < -0.4 is 25.0 Å². The summed E-state index contributed by atoms with van der Waals surface area (Å²) in [5, 5.41) is 12.8. The summed E-state index contributed by atoms with van der Waals surface area (Å²) in [7, 11) is 5.34. The van der Waals surface area contributed by atoms with Crippen molar-refractivity contribution in [3.63, 3.8) is 0 Å². The van der Waals surface area contributed by atoms with Crippen LogP contribution in [0.5, 0.6) is 11.5 Å². The van der Waals surface area contributed by atoms with E-state index in [1.807, 2.05) is 30.3 Å². The number of rotatable bonds is 10. The van der Waals surface area contributed by atoms with Crippen LogP contribution in [-0.4, -0.2) is 74.4 Å². The lowest BCUT2D eigenvalue weighted by molar-refractivity contribution is -0.111. The van der Waals surface area contributed by atoms with Crippen molar-refractivity contribution in [1.82, 2.24) is 15.1 Å². The lowest BCUT2D eigenvalue weighted by Crippen LogP contribution is -2.44. The first kappa shape index (κ1) is 26.7. The molecule has 0 radical (unpaired) electrons. The zero-order chi connectivity index (χ0) is 27.1. The van der Waals surface area contributed by atoms with E-state index < -0.39 is 0 Å². The maximum absolute atomic E-state index is 13.2. The summed E-state index contributed by atoms with van der Waals surface area (Å²) >= 11 is 0. The maximum atomic E-state index is 13.2. The molecule has 10 heteroatoms. The van der Waals surface area contributed by atoms with Crippen LogP contribution in [-0.2, 0) is 17.6 Å². The number of amides is 2. The van der Waals surface area contributed by atoms with Gasteiger partial charge in [-0.2, -0.15) is 5.10 Å². The standard InChI is InChI=1S/C28H34N6O4/c1-5-27(35)29-25-17-21(34-12-10-33(2)11-13-34)8-9-24(25)28(36)30-26-16-20(31-32-26)7-6-19-14-22(37-3)18-23(15-19)38-4/h5,8-9,14-18H,1,6-7,10-13H2,2-4H3,(H,29,35)(H2,30,31,32,36). The predicted octanol–water partition coefficient (Wildman–Crippen LogP) is 3.34. The highest BCUT2D eigenvalue weighted by atomic mass is 16.5. The molecule has 2 aromatic carbocycles. The van der Waals surface area contributed by atoms with E-state index in [1.54, 1.807) is 26.4 Å². The number of hydrogen-bond acceptors (Lipinski definition) is 7. The molecule has 0 unspecified atom stereocenters. The molecule has 1 fully saturated rings. The zero-order valence-electron chi connectivity index (χ0n) is 22.0. The first-order valence-corrected chi connectivity index (χ1v) is 12.5. The molecule has 1 aliphatic rings. The van der Waals surface area contributed by atoms with Crippen LogP contribution in [0.4, 0.5) is 17.2 Å². The molecule has 4 rings (SSSR count). The van der Waals surface area contributed by atoms with E-state index >= 15 is 0 Å². The predicted molar refractivity (Wildman–Crippen MR) is 148 cm³/mol. The summed E-state index contributed by atoms with van der Waals surface area (Å²) in [4.78, 5) is 29.8. The van der Waals surface area contributed by atoms with Crippen LogP contribution in [0.25, 0.3) is 0 Å². The van der Waals surface area contributed by atoms with Crippen molar-refractivity contribution >= 4 is 29.0 Å². The fourth-order valence-corrected chi connectivity index (χ4v) is 4.31. The molecule has 0 saturated carbocycles. The van der Waals surface area contributed by atoms with Gasteiger partial charge in [0.25, 0.3) is 5.91 Å². The number of aromatic amines is 1. The van der Waals surface area contributed by atoms with Gasteiger partial charge in [0, 0.05) is 49.7 Å². The van der Waals surface area contributed by atoms with Gasteiger partial charge in [-0.3, -0.25) is 14.7 Å². The smallest absolute Gasteiger partial charge is 0.258 e. The van der Waals surface area contributed by atoms with Crippen molar-refractivity contribution in [2.45, 2.75) is 12.8 Å². The maximum Gasteiger partial charge on any atom is 0.258 e. The van der Waals surface area contributed by atoms with Crippen molar-refractivity contribution < 1.29 is 19.1 Å². The lowest BCUT2D eigenvalue weighted by Gasteiger charge is -2.34. The van der Waals surface area contributed by atoms with Gasteiger partial charge in [-0.1, -0.05) is 6.58 Å². The van der Waals surface area contributed by atoms with Gasteiger partial charge in [-0.25, -0.2) is 0 Å². The topological polar surface area (TPSA) is 112 Å². The minimum absolute atomic E-state index is 0.339. The second-order valence-corrected chi connectivity index (χ2v) is 9.17. The third-order valence-electron chi connectivity index (χ3n) is 6.53. The van der Waals surface area contributed by atoms with E-state index in [2.05, 4.69) is 44.3 Å². The highest BCUT2D eigenvalue weighted by molar-refractivity contribution is 6.11. The van der Waals surface area contributed by atoms with Gasteiger partial charge in [0.05, 0.1) is 25.5 Å². The molecule has 1 aromatic heterocycles. The van der Waals surface area contributed by atoms with Crippen molar-refractivity contribution in [2.24, 2.45) is 0 Å². The summed E-state index contributed by atoms with van der Waals surface area (Å²) < 4.78 is 10.7. The van der Waals surface area contributed by atoms with Crippen molar-refractivity contribution in [3.8, 4) is 11.5 Å². The highest BCUT2D eigenvalue weighted by Crippen LogP contribution is 2.27. The number of methoxy groups -OCH3 is 2. The number of hydrogen-bond donors (Lipinski definition) is 3. The van der Waals surface area contributed by atoms with Gasteiger partial charge >= 0.3 is 0 Å². The lowest BCUT2D eigenvalue weighted by atomic mass is 10.1. The molecule has 1 saturated heterocycles. The number of aromatic nitrogens is 2. The van der Waals surface area contributed by atoms with Gasteiger partial charge in [-0.05, 0) is 61.9 Å². The van der Waals surface area contributed by atoms with Gasteiger partial charge in [0.2, 0.25) is 5.91 Å². The number of ether oxygens (including phenoxy) is 2. The fraction of sp³-hybridized carbons (Fsp3) is 0.321. The Bertz CT molecular complexity index is 1270. The number of nitrogens with one attached hydrogen (secondary N) is 3. The first-order valence-electron chi connectivity index (χ1n) is 12.5. The third kappa shape index (κ3) is 6.71. The van der Waals surface area contributed by atoms with Crippen LogP contribution in [0, 0.1) is 0 Å².